The average Bonchev–Trinajstić information content (AvgIpc) is 2.78. The summed E-state index contributed by atoms with van der Waals surface area (Å²) in [6.07, 6.45) is 2.72. The maximum atomic E-state index is 3.56. The van der Waals surface area contributed by atoms with Gasteiger partial charge in [0.1, 0.15) is 0 Å². The fourth-order valence-electron chi connectivity index (χ4n) is 3.93. The summed E-state index contributed by atoms with van der Waals surface area (Å²) in [5, 5.41) is 3.56. The SMILES string of the molecule is CC(C)CCC(C)N1CC2CNCC2C1(C)C. The van der Waals surface area contributed by atoms with Crippen molar-refractivity contribution in [2.24, 2.45) is 17.8 Å². The van der Waals surface area contributed by atoms with Crippen LogP contribution in [0.4, 0.5) is 0 Å². The first kappa shape index (κ1) is 13.4. The Balaban J connectivity index is 1.97. The van der Waals surface area contributed by atoms with Crippen LogP contribution in [0.1, 0.15) is 47.5 Å². The Bertz CT molecular complexity index is 260. The van der Waals surface area contributed by atoms with E-state index in [-0.39, 0.29) is 0 Å². The third-order valence-electron chi connectivity index (χ3n) is 5.11. The highest BCUT2D eigenvalue weighted by Gasteiger charge is 2.50. The van der Waals surface area contributed by atoms with Gasteiger partial charge in [-0.1, -0.05) is 13.8 Å². The van der Waals surface area contributed by atoms with E-state index in [0.717, 1.165) is 23.8 Å². The van der Waals surface area contributed by atoms with Crippen molar-refractivity contribution < 1.29 is 0 Å². The van der Waals surface area contributed by atoms with Crippen LogP contribution < -0.4 is 5.32 Å². The number of nitrogens with one attached hydrogen (secondary N) is 1. The molecule has 2 aliphatic heterocycles. The number of hydrogen-bond acceptors (Lipinski definition) is 2. The predicted octanol–water partition coefficient (Wildman–Crippen LogP) is 2.74. The molecule has 0 spiro atoms. The van der Waals surface area contributed by atoms with Crippen molar-refractivity contribution in [3.63, 3.8) is 0 Å². The zero-order chi connectivity index (χ0) is 12.6. The Morgan fingerprint density at radius 3 is 2.47 bits per heavy atom. The zero-order valence-electron chi connectivity index (χ0n) is 12.3. The lowest BCUT2D eigenvalue weighted by Gasteiger charge is -2.40. The second-order valence-electron chi connectivity index (χ2n) is 7.15. The number of nitrogens with zero attached hydrogens (tertiary/aromatic N) is 1. The van der Waals surface area contributed by atoms with E-state index in [9.17, 15) is 0 Å². The minimum absolute atomic E-state index is 0.393. The van der Waals surface area contributed by atoms with E-state index in [2.05, 4.69) is 44.8 Å². The monoisotopic (exact) mass is 238 g/mol. The van der Waals surface area contributed by atoms with Gasteiger partial charge in [-0.05, 0) is 57.9 Å². The summed E-state index contributed by atoms with van der Waals surface area (Å²) in [4.78, 5) is 2.78. The summed E-state index contributed by atoms with van der Waals surface area (Å²) in [7, 11) is 0. The summed E-state index contributed by atoms with van der Waals surface area (Å²) in [6, 6.07) is 0.748. The van der Waals surface area contributed by atoms with Crippen LogP contribution in [0.2, 0.25) is 0 Å². The van der Waals surface area contributed by atoms with E-state index in [1.54, 1.807) is 0 Å². The minimum Gasteiger partial charge on any atom is -0.316 e. The zero-order valence-corrected chi connectivity index (χ0v) is 12.3. The molecule has 0 aromatic heterocycles. The lowest BCUT2D eigenvalue weighted by Crippen LogP contribution is -2.48. The van der Waals surface area contributed by atoms with Gasteiger partial charge in [-0.2, -0.15) is 0 Å². The molecule has 0 amide bonds. The summed E-state index contributed by atoms with van der Waals surface area (Å²) < 4.78 is 0. The van der Waals surface area contributed by atoms with Gasteiger partial charge in [-0.15, -0.1) is 0 Å². The highest BCUT2D eigenvalue weighted by Crippen LogP contribution is 2.42. The second-order valence-corrected chi connectivity index (χ2v) is 7.15. The molecule has 2 rings (SSSR count). The molecule has 2 saturated heterocycles. The van der Waals surface area contributed by atoms with Crippen molar-refractivity contribution in [1.29, 1.82) is 0 Å². The smallest absolute Gasteiger partial charge is 0.0200 e. The van der Waals surface area contributed by atoms with Gasteiger partial charge in [-0.3, -0.25) is 4.90 Å². The molecule has 2 nitrogen and oxygen atoms in total. The molecule has 2 heterocycles. The molecule has 0 radical (unpaired) electrons. The summed E-state index contributed by atoms with van der Waals surface area (Å²) in [5.41, 5.74) is 0.393. The lowest BCUT2D eigenvalue weighted by molar-refractivity contribution is 0.0897. The topological polar surface area (TPSA) is 15.3 Å². The fourth-order valence-corrected chi connectivity index (χ4v) is 3.93. The maximum Gasteiger partial charge on any atom is 0.0200 e. The largest absolute Gasteiger partial charge is 0.316 e. The van der Waals surface area contributed by atoms with E-state index >= 15 is 0 Å². The lowest BCUT2D eigenvalue weighted by atomic mass is 9.84. The van der Waals surface area contributed by atoms with Gasteiger partial charge >= 0.3 is 0 Å². The molecule has 2 aliphatic rings. The van der Waals surface area contributed by atoms with Crippen LogP contribution in [-0.4, -0.2) is 36.1 Å². The van der Waals surface area contributed by atoms with Crippen LogP contribution >= 0.6 is 0 Å². The second kappa shape index (κ2) is 4.89. The Hall–Kier alpha value is -0.0800. The van der Waals surface area contributed by atoms with Gasteiger partial charge in [0.2, 0.25) is 0 Å². The van der Waals surface area contributed by atoms with E-state index in [0.29, 0.717) is 5.54 Å². The summed E-state index contributed by atoms with van der Waals surface area (Å²) >= 11 is 0. The molecule has 0 aromatic rings. The molecule has 0 bridgehead atoms. The van der Waals surface area contributed by atoms with Gasteiger partial charge in [0.05, 0.1) is 0 Å². The van der Waals surface area contributed by atoms with Gasteiger partial charge in [0.15, 0.2) is 0 Å². The van der Waals surface area contributed by atoms with Crippen molar-refractivity contribution in [3.8, 4) is 0 Å². The molecular weight excluding hydrogens is 208 g/mol. The van der Waals surface area contributed by atoms with E-state index < -0.39 is 0 Å². The van der Waals surface area contributed by atoms with Crippen LogP contribution in [-0.2, 0) is 0 Å². The molecule has 1 N–H and O–H groups in total. The number of rotatable bonds is 4. The number of fused-ring (bicyclic) bond motifs is 1. The van der Waals surface area contributed by atoms with Gasteiger partial charge in [0, 0.05) is 24.7 Å². The van der Waals surface area contributed by atoms with E-state index in [1.165, 1.54) is 32.5 Å². The molecule has 3 unspecified atom stereocenters. The van der Waals surface area contributed by atoms with Gasteiger partial charge in [0.25, 0.3) is 0 Å². The summed E-state index contributed by atoms with van der Waals surface area (Å²) in [6.45, 7) is 15.8. The molecule has 0 aliphatic carbocycles. The highest BCUT2D eigenvalue weighted by molar-refractivity contribution is 5.05. The fraction of sp³-hybridized carbons (Fsp3) is 1.00. The average molecular weight is 238 g/mol. The van der Waals surface area contributed by atoms with Crippen molar-refractivity contribution in [3.05, 3.63) is 0 Å². The molecule has 100 valence electrons. The highest BCUT2D eigenvalue weighted by atomic mass is 15.3. The Morgan fingerprint density at radius 1 is 1.18 bits per heavy atom. The number of hydrogen-bond donors (Lipinski definition) is 1. The molecule has 0 saturated carbocycles. The van der Waals surface area contributed by atoms with E-state index in [1.807, 2.05) is 0 Å². The maximum absolute atomic E-state index is 3.56. The molecule has 17 heavy (non-hydrogen) atoms. The Labute approximate surface area is 107 Å². The third kappa shape index (κ3) is 2.53. The van der Waals surface area contributed by atoms with Crippen LogP contribution in [0.5, 0.6) is 0 Å². The normalized spacial score (nSPS) is 34.2. The van der Waals surface area contributed by atoms with Crippen LogP contribution in [0.3, 0.4) is 0 Å². The molecule has 0 aromatic carbocycles. The quantitative estimate of drug-likeness (QED) is 0.810. The first-order valence-electron chi connectivity index (χ1n) is 7.40. The Kier molecular flexibility index (Phi) is 3.84. The van der Waals surface area contributed by atoms with Crippen LogP contribution in [0.15, 0.2) is 0 Å². The Morgan fingerprint density at radius 2 is 1.88 bits per heavy atom. The summed E-state index contributed by atoms with van der Waals surface area (Å²) in [5.74, 6) is 2.60. The molecule has 2 heteroatoms. The van der Waals surface area contributed by atoms with E-state index in [4.69, 9.17) is 0 Å². The predicted molar refractivity (Wildman–Crippen MR) is 74.2 cm³/mol. The van der Waals surface area contributed by atoms with Crippen LogP contribution in [0.25, 0.3) is 0 Å². The molecule has 2 fully saturated rings. The van der Waals surface area contributed by atoms with Gasteiger partial charge < -0.3 is 5.32 Å². The standard InChI is InChI=1S/C15H30N2/c1-11(2)6-7-12(3)17-10-13-8-16-9-14(13)15(17,4)5/h11-14,16H,6-10H2,1-5H3. The van der Waals surface area contributed by atoms with Crippen LogP contribution in [0, 0.1) is 17.8 Å². The minimum atomic E-state index is 0.393. The van der Waals surface area contributed by atoms with Crippen molar-refractivity contribution in [1.82, 2.24) is 10.2 Å². The molecule has 3 atom stereocenters. The third-order valence-corrected chi connectivity index (χ3v) is 5.11. The van der Waals surface area contributed by atoms with Gasteiger partial charge in [-0.25, -0.2) is 0 Å². The first-order chi connectivity index (χ1) is 7.93. The number of likely N-dealkylation sites (tertiary alicyclic amines) is 1. The van der Waals surface area contributed by atoms with Crippen molar-refractivity contribution in [2.75, 3.05) is 19.6 Å². The van der Waals surface area contributed by atoms with Crippen molar-refractivity contribution in [2.45, 2.75) is 59.0 Å². The molecular formula is C15H30N2. The first-order valence-corrected chi connectivity index (χ1v) is 7.40. The van der Waals surface area contributed by atoms with Crippen molar-refractivity contribution >= 4 is 0 Å².